The molecule has 0 radical (unpaired) electrons. The number of carbonyl (C=O) groups excluding carboxylic acids is 2. The first kappa shape index (κ1) is 40.0. The standard InChI is InChI=1S/C38H71NO6/c1-10-14-15-16-17-18-19-20-21-22-23-24-25-26-27-31(5)34(41)44-37(13-4)29-42-38(43-30-37)28-35(8,11-2)39(45-33(7)40)36(9,12-3)32(38)6/h31-32H,10-30H2,1-9H3. The maximum atomic E-state index is 13.2. The van der Waals surface area contributed by atoms with E-state index < -0.39 is 22.5 Å². The Kier molecular flexibility index (Phi) is 16.9. The predicted molar refractivity (Wildman–Crippen MR) is 183 cm³/mol. The van der Waals surface area contributed by atoms with E-state index in [1.54, 1.807) is 0 Å². The molecule has 2 fully saturated rings. The number of ether oxygens (including phenoxy) is 3. The second kappa shape index (κ2) is 19.0. The van der Waals surface area contributed by atoms with Crippen molar-refractivity contribution in [2.75, 3.05) is 13.2 Å². The molecular weight excluding hydrogens is 566 g/mol. The van der Waals surface area contributed by atoms with Gasteiger partial charge in [-0.25, -0.2) is 0 Å². The fourth-order valence-corrected chi connectivity index (χ4v) is 7.44. The van der Waals surface area contributed by atoms with Crippen molar-refractivity contribution in [3.05, 3.63) is 0 Å². The van der Waals surface area contributed by atoms with Gasteiger partial charge in [0.05, 0.1) is 30.2 Å². The molecule has 0 aliphatic carbocycles. The third-order valence-corrected chi connectivity index (χ3v) is 11.4. The van der Waals surface area contributed by atoms with Crippen LogP contribution in [0.3, 0.4) is 0 Å². The van der Waals surface area contributed by atoms with Crippen molar-refractivity contribution in [2.45, 2.75) is 207 Å². The molecular formula is C38H71NO6. The van der Waals surface area contributed by atoms with E-state index >= 15 is 0 Å². The van der Waals surface area contributed by atoms with Crippen molar-refractivity contribution < 1.29 is 28.6 Å². The third-order valence-electron chi connectivity index (χ3n) is 11.4. The first-order valence-corrected chi connectivity index (χ1v) is 18.9. The van der Waals surface area contributed by atoms with Gasteiger partial charge in [0, 0.05) is 19.3 Å². The fraction of sp³-hybridized carbons (Fsp3) is 0.947. The van der Waals surface area contributed by atoms with E-state index in [1.165, 1.54) is 90.4 Å². The molecule has 2 heterocycles. The predicted octanol–water partition coefficient (Wildman–Crippen LogP) is 10.1. The highest BCUT2D eigenvalue weighted by molar-refractivity contribution is 5.72. The molecule has 4 atom stereocenters. The van der Waals surface area contributed by atoms with Gasteiger partial charge in [-0.05, 0) is 39.5 Å². The lowest BCUT2D eigenvalue weighted by Crippen LogP contribution is -2.74. The van der Waals surface area contributed by atoms with Crippen molar-refractivity contribution in [1.82, 2.24) is 5.06 Å². The molecule has 2 aliphatic heterocycles. The van der Waals surface area contributed by atoms with Crippen LogP contribution in [0.15, 0.2) is 0 Å². The van der Waals surface area contributed by atoms with E-state index in [4.69, 9.17) is 19.0 Å². The molecule has 0 N–H and O–H groups in total. The number of hydrogen-bond donors (Lipinski definition) is 0. The molecule has 0 aromatic heterocycles. The first-order valence-electron chi connectivity index (χ1n) is 18.9. The van der Waals surface area contributed by atoms with Crippen molar-refractivity contribution >= 4 is 11.9 Å². The average Bonchev–Trinajstić information content (AvgIpc) is 3.03. The molecule has 0 amide bonds. The minimum Gasteiger partial charge on any atom is -0.454 e. The molecule has 1 spiro atoms. The Bertz CT molecular complexity index is 870. The number of hydrogen-bond acceptors (Lipinski definition) is 7. The number of piperidine rings is 1. The van der Waals surface area contributed by atoms with Gasteiger partial charge in [-0.2, -0.15) is 0 Å². The molecule has 2 saturated heterocycles. The van der Waals surface area contributed by atoms with Crippen molar-refractivity contribution in [3.8, 4) is 0 Å². The van der Waals surface area contributed by atoms with Crippen LogP contribution in [-0.2, 0) is 28.6 Å². The second-order valence-electron chi connectivity index (χ2n) is 15.0. The van der Waals surface area contributed by atoms with E-state index in [9.17, 15) is 9.59 Å². The highest BCUT2D eigenvalue weighted by Gasteiger charge is 2.64. The van der Waals surface area contributed by atoms with E-state index in [0.29, 0.717) is 26.1 Å². The zero-order valence-corrected chi connectivity index (χ0v) is 30.9. The Balaban J connectivity index is 1.79. The van der Waals surface area contributed by atoms with Gasteiger partial charge in [-0.15, -0.1) is 5.06 Å². The van der Waals surface area contributed by atoms with Gasteiger partial charge in [-0.1, -0.05) is 131 Å². The maximum Gasteiger partial charge on any atom is 0.322 e. The lowest BCUT2D eigenvalue weighted by Gasteiger charge is -2.63. The SMILES string of the molecule is CCCCCCCCCCCCCCCCC(C)C(=O)OC1(CC)COC2(CC(C)(CC)N(OC(C)=O)C(C)(CC)C2C)OC1. The van der Waals surface area contributed by atoms with Crippen molar-refractivity contribution in [3.63, 3.8) is 0 Å². The van der Waals surface area contributed by atoms with E-state index in [-0.39, 0.29) is 23.8 Å². The summed E-state index contributed by atoms with van der Waals surface area (Å²) in [4.78, 5) is 31.2. The summed E-state index contributed by atoms with van der Waals surface area (Å²) in [6, 6.07) is 0. The average molecular weight is 638 g/mol. The quantitative estimate of drug-likeness (QED) is 0.0916. The van der Waals surface area contributed by atoms with Gasteiger partial charge in [0.1, 0.15) is 0 Å². The van der Waals surface area contributed by atoms with Crippen LogP contribution in [0, 0.1) is 11.8 Å². The number of rotatable bonds is 21. The topological polar surface area (TPSA) is 74.3 Å². The Morgan fingerprint density at radius 1 is 0.778 bits per heavy atom. The Hall–Kier alpha value is -1.18. The molecule has 2 rings (SSSR count). The molecule has 4 unspecified atom stereocenters. The van der Waals surface area contributed by atoms with Gasteiger partial charge in [0.15, 0.2) is 11.4 Å². The summed E-state index contributed by atoms with van der Waals surface area (Å²) >= 11 is 0. The van der Waals surface area contributed by atoms with Crippen LogP contribution in [0.2, 0.25) is 0 Å². The molecule has 7 nitrogen and oxygen atoms in total. The maximum absolute atomic E-state index is 13.2. The number of nitrogens with zero attached hydrogens (tertiary/aromatic N) is 1. The van der Waals surface area contributed by atoms with Crippen LogP contribution >= 0.6 is 0 Å². The highest BCUT2D eigenvalue weighted by Crippen LogP contribution is 2.54. The highest BCUT2D eigenvalue weighted by atomic mass is 16.7. The van der Waals surface area contributed by atoms with Crippen molar-refractivity contribution in [2.24, 2.45) is 11.8 Å². The number of carbonyl (C=O) groups is 2. The smallest absolute Gasteiger partial charge is 0.322 e. The minimum atomic E-state index is -0.850. The Labute approximate surface area is 277 Å². The molecule has 264 valence electrons. The Morgan fingerprint density at radius 3 is 1.69 bits per heavy atom. The molecule has 0 aromatic carbocycles. The van der Waals surface area contributed by atoms with Gasteiger partial charge >= 0.3 is 11.9 Å². The summed E-state index contributed by atoms with van der Waals surface area (Å²) in [5.74, 6) is -1.54. The molecule has 0 saturated carbocycles. The van der Waals surface area contributed by atoms with Crippen LogP contribution < -0.4 is 0 Å². The molecule has 2 aliphatic rings. The lowest BCUT2D eigenvalue weighted by atomic mass is 9.67. The Morgan fingerprint density at radius 2 is 1.27 bits per heavy atom. The third kappa shape index (κ3) is 10.9. The van der Waals surface area contributed by atoms with E-state index in [0.717, 1.165) is 25.7 Å². The van der Waals surface area contributed by atoms with Gasteiger partial charge in [-0.3, -0.25) is 9.59 Å². The number of hydroxylamine groups is 2. The first-order chi connectivity index (χ1) is 21.4. The zero-order valence-electron chi connectivity index (χ0n) is 30.9. The summed E-state index contributed by atoms with van der Waals surface area (Å²) in [6.07, 6.45) is 22.2. The van der Waals surface area contributed by atoms with Crippen LogP contribution in [0.25, 0.3) is 0 Å². The summed E-state index contributed by atoms with van der Waals surface area (Å²) in [6.45, 7) is 19.0. The minimum absolute atomic E-state index is 0.0845. The van der Waals surface area contributed by atoms with Gasteiger partial charge < -0.3 is 19.0 Å². The normalized spacial score (nSPS) is 31.2. The van der Waals surface area contributed by atoms with Crippen LogP contribution in [0.5, 0.6) is 0 Å². The largest absolute Gasteiger partial charge is 0.454 e. The van der Waals surface area contributed by atoms with Gasteiger partial charge in [0.25, 0.3) is 0 Å². The summed E-state index contributed by atoms with van der Waals surface area (Å²) in [5.41, 5.74) is -1.74. The lowest BCUT2D eigenvalue weighted by molar-refractivity contribution is -0.406. The summed E-state index contributed by atoms with van der Waals surface area (Å²) in [7, 11) is 0. The summed E-state index contributed by atoms with van der Waals surface area (Å²) < 4.78 is 19.5. The fourth-order valence-electron chi connectivity index (χ4n) is 7.44. The van der Waals surface area contributed by atoms with E-state index in [1.807, 2.05) is 18.9 Å². The van der Waals surface area contributed by atoms with E-state index in [2.05, 4.69) is 41.5 Å². The van der Waals surface area contributed by atoms with Crippen LogP contribution in [0.1, 0.15) is 184 Å². The molecule has 0 aromatic rings. The zero-order chi connectivity index (χ0) is 33.6. The second-order valence-corrected chi connectivity index (χ2v) is 15.0. The molecule has 0 bridgehead atoms. The molecule has 45 heavy (non-hydrogen) atoms. The number of esters is 1. The summed E-state index contributed by atoms with van der Waals surface area (Å²) in [5, 5.41) is 1.91. The van der Waals surface area contributed by atoms with Crippen LogP contribution in [-0.4, -0.2) is 52.7 Å². The van der Waals surface area contributed by atoms with Gasteiger partial charge in [0.2, 0.25) is 0 Å². The van der Waals surface area contributed by atoms with Crippen LogP contribution in [0.4, 0.5) is 0 Å². The number of unbranched alkanes of at least 4 members (excludes halogenated alkanes) is 13. The monoisotopic (exact) mass is 638 g/mol. The van der Waals surface area contributed by atoms with Crippen molar-refractivity contribution in [1.29, 1.82) is 0 Å². The molecule has 7 heteroatoms.